The monoisotopic (exact) mass is 291 g/mol. The van der Waals surface area contributed by atoms with E-state index in [-0.39, 0.29) is 19.1 Å². The van der Waals surface area contributed by atoms with E-state index < -0.39 is 18.0 Å². The van der Waals surface area contributed by atoms with Crippen LogP contribution in [0.25, 0.3) is 0 Å². The van der Waals surface area contributed by atoms with Crippen LogP contribution in [0.3, 0.4) is 0 Å². The lowest BCUT2D eigenvalue weighted by molar-refractivity contribution is -0.160. The van der Waals surface area contributed by atoms with Gasteiger partial charge < -0.3 is 19.5 Å². The minimum Gasteiger partial charge on any atom is -0.481 e. The van der Waals surface area contributed by atoms with Crippen LogP contribution in [0.4, 0.5) is 0 Å². The molecule has 1 fully saturated rings. The van der Waals surface area contributed by atoms with Crippen molar-refractivity contribution in [2.75, 3.05) is 26.4 Å². The van der Waals surface area contributed by atoms with Crippen molar-refractivity contribution in [1.82, 2.24) is 4.90 Å². The van der Waals surface area contributed by atoms with Crippen molar-refractivity contribution >= 4 is 11.9 Å². The molecule has 2 aliphatic rings. The lowest BCUT2D eigenvalue weighted by Crippen LogP contribution is -2.48. The number of amides is 1. The molecule has 0 radical (unpaired) electrons. The Balaban J connectivity index is 1.82. The summed E-state index contributed by atoms with van der Waals surface area (Å²) in [4.78, 5) is 25.5. The van der Waals surface area contributed by atoms with E-state index >= 15 is 0 Å². The molecule has 1 aromatic carbocycles. The number of carbonyl (C=O) groups is 2. The van der Waals surface area contributed by atoms with E-state index in [1.54, 1.807) is 4.90 Å². The summed E-state index contributed by atoms with van der Waals surface area (Å²) in [6.45, 7) is 1.70. The summed E-state index contributed by atoms with van der Waals surface area (Å²) in [5.74, 6) is -1.81. The van der Waals surface area contributed by atoms with Gasteiger partial charge in [0.05, 0.1) is 25.7 Å². The fourth-order valence-corrected chi connectivity index (χ4v) is 2.82. The van der Waals surface area contributed by atoms with Gasteiger partial charge in [-0.05, 0) is 11.1 Å². The van der Waals surface area contributed by atoms with Crippen molar-refractivity contribution in [2.24, 2.45) is 0 Å². The molecule has 1 saturated heterocycles. The quantitative estimate of drug-likeness (QED) is 0.864. The maximum atomic E-state index is 12.5. The normalized spacial score (nSPS) is 25.2. The smallest absolute Gasteiger partial charge is 0.312 e. The number of ether oxygens (including phenoxy) is 2. The Kier molecular flexibility index (Phi) is 3.90. The molecule has 2 aliphatic heterocycles. The van der Waals surface area contributed by atoms with E-state index in [2.05, 4.69) is 0 Å². The average Bonchev–Trinajstić information content (AvgIpc) is 2.53. The van der Waals surface area contributed by atoms with Crippen molar-refractivity contribution in [2.45, 2.75) is 18.6 Å². The van der Waals surface area contributed by atoms with Crippen LogP contribution in [0.2, 0.25) is 0 Å². The second-order valence-corrected chi connectivity index (χ2v) is 5.24. The Morgan fingerprint density at radius 2 is 2.05 bits per heavy atom. The third kappa shape index (κ3) is 2.77. The summed E-state index contributed by atoms with van der Waals surface area (Å²) in [5, 5.41) is 9.40. The molecular weight excluding hydrogens is 274 g/mol. The third-order valence-electron chi connectivity index (χ3n) is 3.90. The minimum atomic E-state index is -0.916. The predicted molar refractivity (Wildman–Crippen MR) is 72.8 cm³/mol. The molecule has 0 aromatic heterocycles. The fraction of sp³-hybridized carbons (Fsp3) is 0.467. The van der Waals surface area contributed by atoms with E-state index in [1.165, 1.54) is 0 Å². The number of hydrogen-bond donors (Lipinski definition) is 1. The molecule has 1 amide bonds. The molecule has 0 aliphatic carbocycles. The highest BCUT2D eigenvalue weighted by Crippen LogP contribution is 2.29. The van der Waals surface area contributed by atoms with Crippen molar-refractivity contribution in [3.8, 4) is 0 Å². The van der Waals surface area contributed by atoms with Crippen molar-refractivity contribution < 1.29 is 24.2 Å². The number of carboxylic acids is 1. The molecule has 6 heteroatoms. The number of carboxylic acid groups (broad SMARTS) is 1. The molecule has 2 unspecified atom stereocenters. The van der Waals surface area contributed by atoms with Gasteiger partial charge in [-0.3, -0.25) is 9.59 Å². The minimum absolute atomic E-state index is 0.172. The highest BCUT2D eigenvalue weighted by molar-refractivity contribution is 5.84. The third-order valence-corrected chi connectivity index (χ3v) is 3.90. The van der Waals surface area contributed by atoms with Gasteiger partial charge in [-0.15, -0.1) is 0 Å². The summed E-state index contributed by atoms with van der Waals surface area (Å²) in [6, 6.07) is 7.36. The Labute approximate surface area is 122 Å². The first-order valence-electron chi connectivity index (χ1n) is 6.95. The SMILES string of the molecule is O=C(O)C1CN(C(=O)C2COCCO2)Cc2ccccc21. The summed E-state index contributed by atoms with van der Waals surface area (Å²) < 4.78 is 10.7. The van der Waals surface area contributed by atoms with Gasteiger partial charge in [-0.1, -0.05) is 24.3 Å². The maximum absolute atomic E-state index is 12.5. The van der Waals surface area contributed by atoms with Crippen LogP contribution in [0.15, 0.2) is 24.3 Å². The molecule has 1 N–H and O–H groups in total. The molecule has 3 rings (SSSR count). The first kappa shape index (κ1) is 14.0. The van der Waals surface area contributed by atoms with Gasteiger partial charge in [0.1, 0.15) is 0 Å². The number of carbonyl (C=O) groups excluding carboxylic acids is 1. The van der Waals surface area contributed by atoms with Crippen molar-refractivity contribution in [3.05, 3.63) is 35.4 Å². The highest BCUT2D eigenvalue weighted by Gasteiger charge is 2.35. The molecule has 2 heterocycles. The van der Waals surface area contributed by atoms with Gasteiger partial charge >= 0.3 is 5.97 Å². The largest absolute Gasteiger partial charge is 0.481 e. The second kappa shape index (κ2) is 5.83. The zero-order valence-electron chi connectivity index (χ0n) is 11.5. The van der Waals surface area contributed by atoms with Crippen LogP contribution in [0.5, 0.6) is 0 Å². The summed E-state index contributed by atoms with van der Waals surface area (Å²) in [5.41, 5.74) is 1.66. The lowest BCUT2D eigenvalue weighted by Gasteiger charge is -2.35. The van der Waals surface area contributed by atoms with E-state index in [9.17, 15) is 14.7 Å². The first-order chi connectivity index (χ1) is 10.2. The first-order valence-corrected chi connectivity index (χ1v) is 6.95. The van der Waals surface area contributed by atoms with Crippen LogP contribution in [0.1, 0.15) is 17.0 Å². The molecular formula is C15H17NO5. The molecule has 21 heavy (non-hydrogen) atoms. The summed E-state index contributed by atoms with van der Waals surface area (Å²) in [6.07, 6.45) is -0.626. The van der Waals surface area contributed by atoms with Crippen LogP contribution in [-0.2, 0) is 25.6 Å². The van der Waals surface area contributed by atoms with Crippen LogP contribution in [-0.4, -0.2) is 54.4 Å². The highest BCUT2D eigenvalue weighted by atomic mass is 16.6. The molecule has 0 spiro atoms. The standard InChI is InChI=1S/C15H17NO5/c17-14(13-9-20-5-6-21-13)16-7-10-3-1-2-4-11(10)12(8-16)15(18)19/h1-4,12-13H,5-9H2,(H,18,19). The zero-order valence-corrected chi connectivity index (χ0v) is 11.5. The lowest BCUT2D eigenvalue weighted by atomic mass is 9.89. The topological polar surface area (TPSA) is 76.1 Å². The van der Waals surface area contributed by atoms with E-state index in [4.69, 9.17) is 9.47 Å². The Morgan fingerprint density at radius 3 is 2.76 bits per heavy atom. The van der Waals surface area contributed by atoms with Crippen LogP contribution < -0.4 is 0 Å². The maximum Gasteiger partial charge on any atom is 0.312 e. The summed E-state index contributed by atoms with van der Waals surface area (Å²) >= 11 is 0. The predicted octanol–water partition coefficient (Wildman–Crippen LogP) is 0.612. The fourth-order valence-electron chi connectivity index (χ4n) is 2.82. The van der Waals surface area contributed by atoms with Gasteiger partial charge in [0.15, 0.2) is 6.10 Å². The van der Waals surface area contributed by atoms with Gasteiger partial charge in [0.2, 0.25) is 0 Å². The van der Waals surface area contributed by atoms with Gasteiger partial charge in [0.25, 0.3) is 5.91 Å². The Bertz CT molecular complexity index is 553. The van der Waals surface area contributed by atoms with E-state index in [0.29, 0.717) is 19.8 Å². The zero-order chi connectivity index (χ0) is 14.8. The number of nitrogens with zero attached hydrogens (tertiary/aromatic N) is 1. The van der Waals surface area contributed by atoms with E-state index in [0.717, 1.165) is 11.1 Å². The van der Waals surface area contributed by atoms with E-state index in [1.807, 2.05) is 24.3 Å². The number of rotatable bonds is 2. The Morgan fingerprint density at radius 1 is 1.24 bits per heavy atom. The van der Waals surface area contributed by atoms with Gasteiger partial charge in [-0.2, -0.15) is 0 Å². The number of benzene rings is 1. The number of fused-ring (bicyclic) bond motifs is 1. The molecule has 0 bridgehead atoms. The van der Waals surface area contributed by atoms with Crippen LogP contribution in [0, 0.1) is 0 Å². The van der Waals surface area contributed by atoms with Gasteiger partial charge in [0, 0.05) is 13.1 Å². The number of hydrogen-bond acceptors (Lipinski definition) is 4. The molecule has 0 saturated carbocycles. The molecule has 6 nitrogen and oxygen atoms in total. The summed E-state index contributed by atoms with van der Waals surface area (Å²) in [7, 11) is 0. The molecule has 112 valence electrons. The average molecular weight is 291 g/mol. The second-order valence-electron chi connectivity index (χ2n) is 5.24. The molecule has 2 atom stereocenters. The number of aliphatic carboxylic acids is 1. The van der Waals surface area contributed by atoms with Crippen LogP contribution >= 0.6 is 0 Å². The van der Waals surface area contributed by atoms with Crippen molar-refractivity contribution in [3.63, 3.8) is 0 Å². The van der Waals surface area contributed by atoms with Crippen molar-refractivity contribution in [1.29, 1.82) is 0 Å². The molecule has 1 aromatic rings. The van der Waals surface area contributed by atoms with Gasteiger partial charge in [-0.25, -0.2) is 0 Å². The Hall–Kier alpha value is -1.92.